The molecule has 1 unspecified atom stereocenters. The topological polar surface area (TPSA) is 29.3 Å². The van der Waals surface area contributed by atoms with E-state index >= 15 is 0 Å². The van der Waals surface area contributed by atoms with E-state index in [2.05, 4.69) is 11.9 Å². The molecule has 0 aromatic heterocycles. The van der Waals surface area contributed by atoms with E-state index in [1.165, 1.54) is 64.3 Å². The molecule has 16 heavy (non-hydrogen) atoms. The molecule has 0 aromatic carbocycles. The molecule has 0 saturated heterocycles. The predicted octanol–water partition coefficient (Wildman–Crippen LogP) is 2.77. The summed E-state index contributed by atoms with van der Waals surface area (Å²) in [5.41, 5.74) is 6.16. The quantitative estimate of drug-likeness (QED) is 0.728. The molecule has 2 nitrogen and oxygen atoms in total. The van der Waals surface area contributed by atoms with Crippen molar-refractivity contribution in [2.75, 3.05) is 13.6 Å². The number of hydrogen-bond donors (Lipinski definition) is 1. The monoisotopic (exact) mass is 224 g/mol. The Morgan fingerprint density at radius 3 is 2.25 bits per heavy atom. The van der Waals surface area contributed by atoms with Crippen molar-refractivity contribution in [2.24, 2.45) is 11.7 Å². The van der Waals surface area contributed by atoms with Gasteiger partial charge in [-0.05, 0) is 51.6 Å². The minimum absolute atomic E-state index is 0.480. The van der Waals surface area contributed by atoms with Crippen molar-refractivity contribution < 1.29 is 0 Å². The maximum atomic E-state index is 6.16. The Morgan fingerprint density at radius 1 is 1.06 bits per heavy atom. The minimum atomic E-state index is 0.480. The first-order valence-electron chi connectivity index (χ1n) is 7.23. The molecule has 0 radical (unpaired) electrons. The van der Waals surface area contributed by atoms with Crippen molar-refractivity contribution in [3.8, 4) is 0 Å². The highest BCUT2D eigenvalue weighted by Gasteiger charge is 2.28. The molecule has 0 aliphatic heterocycles. The van der Waals surface area contributed by atoms with Crippen molar-refractivity contribution in [3.63, 3.8) is 0 Å². The van der Waals surface area contributed by atoms with Gasteiger partial charge in [-0.3, -0.25) is 0 Å². The van der Waals surface area contributed by atoms with Crippen molar-refractivity contribution >= 4 is 0 Å². The van der Waals surface area contributed by atoms with Gasteiger partial charge in [0, 0.05) is 12.1 Å². The lowest BCUT2D eigenvalue weighted by molar-refractivity contribution is 0.211. The molecule has 0 heterocycles. The third-order valence-electron chi connectivity index (χ3n) is 4.49. The van der Waals surface area contributed by atoms with Crippen molar-refractivity contribution in [1.29, 1.82) is 0 Å². The summed E-state index contributed by atoms with van der Waals surface area (Å²) in [6, 6.07) is 1.32. The van der Waals surface area contributed by atoms with Crippen LogP contribution in [0, 0.1) is 5.92 Å². The van der Waals surface area contributed by atoms with Crippen molar-refractivity contribution in [1.82, 2.24) is 4.90 Å². The second-order valence-corrected chi connectivity index (χ2v) is 5.92. The highest BCUT2D eigenvalue weighted by molar-refractivity contribution is 4.85. The van der Waals surface area contributed by atoms with Crippen LogP contribution in [0.25, 0.3) is 0 Å². The highest BCUT2D eigenvalue weighted by atomic mass is 15.1. The first-order chi connectivity index (χ1) is 7.77. The zero-order valence-electron chi connectivity index (χ0n) is 10.8. The first kappa shape index (κ1) is 12.4. The molecular weight excluding hydrogens is 196 g/mol. The van der Waals surface area contributed by atoms with Gasteiger partial charge in [0.1, 0.15) is 0 Å². The SMILES string of the molecule is CN(CCC(N)C1CC1)C1CCCCCC1. The van der Waals surface area contributed by atoms with Crippen LogP contribution in [-0.2, 0) is 0 Å². The first-order valence-corrected chi connectivity index (χ1v) is 7.23. The van der Waals surface area contributed by atoms with Gasteiger partial charge >= 0.3 is 0 Å². The molecule has 0 amide bonds. The van der Waals surface area contributed by atoms with E-state index in [4.69, 9.17) is 5.73 Å². The third kappa shape index (κ3) is 3.74. The lowest BCUT2D eigenvalue weighted by Crippen LogP contribution is -2.35. The van der Waals surface area contributed by atoms with E-state index in [1.807, 2.05) is 0 Å². The second kappa shape index (κ2) is 6.02. The van der Waals surface area contributed by atoms with Crippen molar-refractivity contribution in [3.05, 3.63) is 0 Å². The summed E-state index contributed by atoms with van der Waals surface area (Å²) >= 11 is 0. The van der Waals surface area contributed by atoms with Crippen LogP contribution in [0.2, 0.25) is 0 Å². The van der Waals surface area contributed by atoms with Gasteiger partial charge < -0.3 is 10.6 Å². The fourth-order valence-corrected chi connectivity index (χ4v) is 2.99. The third-order valence-corrected chi connectivity index (χ3v) is 4.49. The Morgan fingerprint density at radius 2 is 1.69 bits per heavy atom. The Kier molecular flexibility index (Phi) is 4.66. The van der Waals surface area contributed by atoms with Gasteiger partial charge in [-0.2, -0.15) is 0 Å². The van der Waals surface area contributed by atoms with Crippen LogP contribution in [0.3, 0.4) is 0 Å². The van der Waals surface area contributed by atoms with Crippen LogP contribution in [0.4, 0.5) is 0 Å². The molecule has 2 rings (SSSR count). The Bertz CT molecular complexity index is 193. The van der Waals surface area contributed by atoms with Crippen molar-refractivity contribution in [2.45, 2.75) is 69.9 Å². The minimum Gasteiger partial charge on any atom is -0.327 e. The largest absolute Gasteiger partial charge is 0.327 e. The summed E-state index contributed by atoms with van der Waals surface area (Å²) < 4.78 is 0. The molecule has 0 bridgehead atoms. The van der Waals surface area contributed by atoms with E-state index in [9.17, 15) is 0 Å². The molecule has 94 valence electrons. The molecule has 2 N–H and O–H groups in total. The van der Waals surface area contributed by atoms with E-state index in [0.717, 1.165) is 12.0 Å². The molecule has 2 saturated carbocycles. The Hall–Kier alpha value is -0.0800. The van der Waals surface area contributed by atoms with Gasteiger partial charge in [0.25, 0.3) is 0 Å². The predicted molar refractivity (Wildman–Crippen MR) is 69.4 cm³/mol. The Balaban J connectivity index is 1.66. The van der Waals surface area contributed by atoms with Crippen LogP contribution in [0.5, 0.6) is 0 Å². The van der Waals surface area contributed by atoms with E-state index in [1.54, 1.807) is 0 Å². The summed E-state index contributed by atoms with van der Waals surface area (Å²) in [5.74, 6) is 0.863. The van der Waals surface area contributed by atoms with Gasteiger partial charge in [0.15, 0.2) is 0 Å². The zero-order valence-corrected chi connectivity index (χ0v) is 10.8. The molecule has 2 aliphatic carbocycles. The standard InChI is InChI=1S/C14H28N2/c1-16(11-10-14(15)12-8-9-12)13-6-4-2-3-5-7-13/h12-14H,2-11,15H2,1H3. The fraction of sp³-hybridized carbons (Fsp3) is 1.00. The average molecular weight is 224 g/mol. The summed E-state index contributed by atoms with van der Waals surface area (Å²) in [6.07, 6.45) is 12.6. The van der Waals surface area contributed by atoms with Gasteiger partial charge in [-0.25, -0.2) is 0 Å². The van der Waals surface area contributed by atoms with E-state index in [0.29, 0.717) is 6.04 Å². The van der Waals surface area contributed by atoms with Crippen LogP contribution in [0.15, 0.2) is 0 Å². The summed E-state index contributed by atoms with van der Waals surface area (Å²) in [4.78, 5) is 2.58. The van der Waals surface area contributed by atoms with Crippen LogP contribution in [-0.4, -0.2) is 30.6 Å². The molecule has 2 heteroatoms. The summed E-state index contributed by atoms with van der Waals surface area (Å²) in [5, 5.41) is 0. The molecule has 1 atom stereocenters. The molecule has 0 spiro atoms. The number of nitrogens with zero attached hydrogens (tertiary/aromatic N) is 1. The molecular formula is C14H28N2. The van der Waals surface area contributed by atoms with Crippen LogP contribution in [0.1, 0.15) is 57.8 Å². The normalized spacial score (nSPS) is 25.7. The maximum absolute atomic E-state index is 6.16. The highest BCUT2D eigenvalue weighted by Crippen LogP contribution is 2.33. The van der Waals surface area contributed by atoms with E-state index < -0.39 is 0 Å². The fourth-order valence-electron chi connectivity index (χ4n) is 2.99. The lowest BCUT2D eigenvalue weighted by Gasteiger charge is -2.28. The molecule has 2 fully saturated rings. The van der Waals surface area contributed by atoms with Gasteiger partial charge in [-0.1, -0.05) is 25.7 Å². The number of hydrogen-bond acceptors (Lipinski definition) is 2. The maximum Gasteiger partial charge on any atom is 0.00922 e. The average Bonchev–Trinajstić information content (AvgIpc) is 3.09. The summed E-state index contributed by atoms with van der Waals surface area (Å²) in [7, 11) is 2.30. The zero-order chi connectivity index (χ0) is 11.4. The van der Waals surface area contributed by atoms with E-state index in [-0.39, 0.29) is 0 Å². The molecule has 0 aromatic rings. The van der Waals surface area contributed by atoms with Crippen LogP contribution >= 0.6 is 0 Å². The second-order valence-electron chi connectivity index (χ2n) is 5.92. The van der Waals surface area contributed by atoms with Gasteiger partial charge in [0.05, 0.1) is 0 Å². The molecule has 2 aliphatic rings. The lowest BCUT2D eigenvalue weighted by atomic mass is 10.1. The smallest absolute Gasteiger partial charge is 0.00922 e. The van der Waals surface area contributed by atoms with Gasteiger partial charge in [0.2, 0.25) is 0 Å². The number of rotatable bonds is 5. The summed E-state index contributed by atoms with van der Waals surface area (Å²) in [6.45, 7) is 1.21. The number of nitrogens with two attached hydrogens (primary N) is 1. The van der Waals surface area contributed by atoms with Crippen LogP contribution < -0.4 is 5.73 Å². The van der Waals surface area contributed by atoms with Gasteiger partial charge in [-0.15, -0.1) is 0 Å². The Labute approximate surface area is 101 Å².